The van der Waals surface area contributed by atoms with Crippen molar-refractivity contribution in [2.45, 2.75) is 134 Å². The molecule has 3 fully saturated rings. The minimum atomic E-state index is -2.22. The van der Waals surface area contributed by atoms with E-state index in [9.17, 15) is 35.1 Å². The molecule has 0 heterocycles. The average Bonchev–Trinajstić information content (AvgIpc) is 3.37. The Labute approximate surface area is 362 Å². The van der Waals surface area contributed by atoms with Gasteiger partial charge in [-0.3, -0.25) is 9.59 Å². The van der Waals surface area contributed by atoms with Gasteiger partial charge in [-0.1, -0.05) is 81.8 Å². The summed E-state index contributed by atoms with van der Waals surface area (Å²) in [5.41, 5.74) is 3.44. The number of carbonyl (C=O) groups is 3. The van der Waals surface area contributed by atoms with Gasteiger partial charge < -0.3 is 37.0 Å². The number of hydrogen-bond donors (Lipinski definition) is 7. The lowest BCUT2D eigenvalue weighted by atomic mass is 9.33. The molecule has 13 unspecified atom stereocenters. The normalized spacial score (nSPS) is 47.7. The zero-order valence-electron chi connectivity index (χ0n) is 36.3. The van der Waals surface area contributed by atoms with Crippen molar-refractivity contribution in [3.8, 4) is 11.8 Å². The van der Waals surface area contributed by atoms with Crippen molar-refractivity contribution in [3.05, 3.63) is 87.6 Å². The number of nitrogens with zero attached hydrogens (tertiary/aromatic N) is 1. The monoisotopic (exact) mass is 841 g/mol. The first-order valence-corrected chi connectivity index (χ1v) is 22.4. The summed E-state index contributed by atoms with van der Waals surface area (Å²) in [6.07, 6.45) is 10.6. The number of aliphatic hydroxyl groups excluding tert-OH is 1. The zero-order chi connectivity index (χ0) is 44.4. The summed E-state index contributed by atoms with van der Waals surface area (Å²) < 4.78 is 0. The van der Waals surface area contributed by atoms with Crippen LogP contribution in [0.25, 0.3) is 6.08 Å². The quantitative estimate of drug-likeness (QED) is 0.0710. The number of nitrogens with two attached hydrogens (primary N) is 2. The number of benzene rings is 1. The molecule has 13 atom stereocenters. The van der Waals surface area contributed by atoms with Crippen LogP contribution in [-0.2, 0) is 20.8 Å². The Bertz CT molecular complexity index is 2550. The molecule has 0 radical (unpaired) electrons. The van der Waals surface area contributed by atoms with Gasteiger partial charge in [-0.05, 0) is 91.6 Å². The number of carboxylic acid groups (broad SMARTS) is 1. The largest absolute Gasteiger partial charge is 0.478 e. The molecule has 3 saturated carbocycles. The van der Waals surface area contributed by atoms with Crippen LogP contribution in [0.15, 0.2) is 81.4 Å². The Balaban J connectivity index is 1.29. The van der Waals surface area contributed by atoms with Crippen molar-refractivity contribution in [3.63, 3.8) is 0 Å². The van der Waals surface area contributed by atoms with Crippen molar-refractivity contribution >= 4 is 29.6 Å². The number of aliphatic carboxylic acids is 1. The van der Waals surface area contributed by atoms with Crippen LogP contribution in [0.1, 0.15) is 110 Å². The molecule has 9 aliphatic carbocycles. The molecule has 1 aromatic rings. The molecule has 0 aromatic heterocycles. The molecule has 2 spiro atoms. The number of carbonyl (C=O) groups excluding carboxylic acids is 2. The number of allylic oxidation sites excluding steroid dienone is 2. The smallest absolute Gasteiger partial charge is 0.331 e. The molecule has 10 rings (SSSR count). The van der Waals surface area contributed by atoms with Crippen LogP contribution in [0.5, 0.6) is 0 Å². The van der Waals surface area contributed by atoms with Crippen molar-refractivity contribution in [1.29, 1.82) is 0 Å². The maximum absolute atomic E-state index is 15.9. The van der Waals surface area contributed by atoms with E-state index in [2.05, 4.69) is 42.0 Å². The highest BCUT2D eigenvalue weighted by Gasteiger charge is 2.85. The third-order valence-corrected chi connectivity index (χ3v) is 19.1. The fourth-order valence-corrected chi connectivity index (χ4v) is 16.4. The molecule has 9 N–H and O–H groups in total. The molecule has 1 aromatic carbocycles. The molecule has 0 saturated heterocycles. The summed E-state index contributed by atoms with van der Waals surface area (Å²) in [4.78, 5) is 47.5. The number of aliphatic imine (C=N–C) groups is 1. The Hall–Kier alpha value is -4.60. The molecular formula is C51H59N3O8. The van der Waals surface area contributed by atoms with Crippen LogP contribution in [0.3, 0.4) is 0 Å². The number of fused-ring (bicyclic) bond motifs is 4. The first-order valence-electron chi connectivity index (χ1n) is 22.4. The Morgan fingerprint density at radius 1 is 0.903 bits per heavy atom. The average molecular weight is 842 g/mol. The van der Waals surface area contributed by atoms with E-state index in [1.54, 1.807) is 25.2 Å². The van der Waals surface area contributed by atoms with Gasteiger partial charge in [-0.25, -0.2) is 9.79 Å². The summed E-state index contributed by atoms with van der Waals surface area (Å²) in [5, 5.41) is 64.3. The maximum atomic E-state index is 15.9. The summed E-state index contributed by atoms with van der Waals surface area (Å²) >= 11 is 0. The van der Waals surface area contributed by atoms with E-state index in [0.29, 0.717) is 30.4 Å². The standard InChI is InChI=1S/C51H59N3O8/c1-28(41(58)59)33-15-20-47(54-42(52)53)22-21-46(29(2)51(47,62)40(33)57)27-48(60)23-24-49(61)36(32-14-13-30-11-7-8-12-31(30)25-32)38-43(3)17-9-6-10-18-50(48)39(49)37(34(55)26-45(46,50)5)44(38,4)19-16-35(43)56/h7-8,11-12,21-25,29,36,38,40,57,60-62H,10,13-20,26-27H2,1-5H3,(H,58,59)(H4,52,53,54). The second-order valence-corrected chi connectivity index (χ2v) is 21.2. The second-order valence-electron chi connectivity index (χ2n) is 21.2. The zero-order valence-corrected chi connectivity index (χ0v) is 36.3. The van der Waals surface area contributed by atoms with Crippen LogP contribution in [-0.4, -0.2) is 77.5 Å². The molecule has 62 heavy (non-hydrogen) atoms. The maximum Gasteiger partial charge on any atom is 0.331 e. The fourth-order valence-electron chi connectivity index (χ4n) is 16.4. The van der Waals surface area contributed by atoms with Gasteiger partial charge in [0.25, 0.3) is 0 Å². The van der Waals surface area contributed by atoms with E-state index in [-0.39, 0.29) is 73.6 Å². The number of hydrogen-bond acceptors (Lipinski definition) is 8. The van der Waals surface area contributed by atoms with Gasteiger partial charge in [0.15, 0.2) is 11.7 Å². The summed E-state index contributed by atoms with van der Waals surface area (Å²) in [6, 6.07) is 8.23. The summed E-state index contributed by atoms with van der Waals surface area (Å²) in [5.74, 6) is 3.05. The van der Waals surface area contributed by atoms with Crippen molar-refractivity contribution < 1.29 is 39.9 Å². The SMILES string of the molecule is CC(C(=O)O)=C1CCC2(N=C(N)N)C=CC3(CC4(O)C=CC5(O)C6=C7C(=O)CC3(C)C64CCC#CCC3(C)C(=O)CCC7(C)C3C5C3=Cc4ccccc4CC3)C(C)C2(O)C1O. The first-order chi connectivity index (χ1) is 29.1. The van der Waals surface area contributed by atoms with Crippen molar-refractivity contribution in [2.75, 3.05) is 0 Å². The molecule has 11 nitrogen and oxygen atoms in total. The van der Waals surface area contributed by atoms with Crippen LogP contribution in [0.2, 0.25) is 0 Å². The van der Waals surface area contributed by atoms with Crippen LogP contribution < -0.4 is 11.5 Å². The van der Waals surface area contributed by atoms with E-state index in [4.69, 9.17) is 11.5 Å². The minimum Gasteiger partial charge on any atom is -0.478 e. The van der Waals surface area contributed by atoms with E-state index in [0.717, 1.165) is 17.6 Å². The van der Waals surface area contributed by atoms with Gasteiger partial charge in [0.1, 0.15) is 28.6 Å². The van der Waals surface area contributed by atoms with E-state index in [1.165, 1.54) is 12.5 Å². The molecule has 9 aliphatic rings. The lowest BCUT2D eigenvalue weighted by molar-refractivity contribution is -0.200. The molecular weight excluding hydrogens is 783 g/mol. The van der Waals surface area contributed by atoms with Crippen LogP contribution >= 0.6 is 0 Å². The highest BCUT2D eigenvalue weighted by atomic mass is 16.4. The highest BCUT2D eigenvalue weighted by Crippen LogP contribution is 2.84. The Kier molecular flexibility index (Phi) is 8.39. The number of ketones is 2. The van der Waals surface area contributed by atoms with Gasteiger partial charge in [-0.15, -0.1) is 11.8 Å². The number of guanidine groups is 1. The highest BCUT2D eigenvalue weighted by molar-refractivity contribution is 6.02. The number of rotatable bonds is 3. The second kappa shape index (κ2) is 12.6. The Morgan fingerprint density at radius 3 is 2.37 bits per heavy atom. The van der Waals surface area contributed by atoms with Gasteiger partial charge in [0.2, 0.25) is 0 Å². The van der Waals surface area contributed by atoms with E-state index < -0.39 is 79.2 Å². The van der Waals surface area contributed by atoms with Crippen LogP contribution in [0, 0.1) is 56.7 Å². The third-order valence-electron chi connectivity index (χ3n) is 19.1. The number of Topliss-reactive ketones (excluding diaryl/α,β-unsaturated/α-hetero) is 2. The Morgan fingerprint density at radius 2 is 1.65 bits per heavy atom. The number of aryl methyl sites for hydroxylation is 1. The minimum absolute atomic E-state index is 0.000784. The fraction of sp³-hybridized carbons (Fsp3) is 0.569. The predicted molar refractivity (Wildman–Crippen MR) is 232 cm³/mol. The number of aliphatic hydroxyl groups is 4. The molecule has 0 aliphatic heterocycles. The first kappa shape index (κ1) is 41.4. The van der Waals surface area contributed by atoms with E-state index >= 15 is 4.79 Å². The van der Waals surface area contributed by atoms with Gasteiger partial charge in [-0.2, -0.15) is 0 Å². The molecule has 0 amide bonds. The topological polar surface area (TPSA) is 217 Å². The van der Waals surface area contributed by atoms with E-state index in [1.807, 2.05) is 32.1 Å². The van der Waals surface area contributed by atoms with Gasteiger partial charge >= 0.3 is 5.97 Å². The summed E-state index contributed by atoms with van der Waals surface area (Å²) in [7, 11) is 0. The molecule has 11 heteroatoms. The third kappa shape index (κ3) is 4.48. The lowest BCUT2D eigenvalue weighted by Crippen LogP contribution is -2.74. The van der Waals surface area contributed by atoms with Gasteiger partial charge in [0.05, 0.1) is 5.60 Å². The van der Waals surface area contributed by atoms with Gasteiger partial charge in [0, 0.05) is 70.3 Å². The van der Waals surface area contributed by atoms with Crippen molar-refractivity contribution in [1.82, 2.24) is 0 Å². The lowest BCUT2D eigenvalue weighted by Gasteiger charge is -2.70. The predicted octanol–water partition coefficient (Wildman–Crippen LogP) is 5.01. The van der Waals surface area contributed by atoms with Crippen LogP contribution in [0.4, 0.5) is 0 Å². The molecule has 4 bridgehead atoms. The molecule has 326 valence electrons. The number of carboxylic acids is 1. The van der Waals surface area contributed by atoms with Crippen molar-refractivity contribution in [2.24, 2.45) is 61.3 Å². The summed E-state index contributed by atoms with van der Waals surface area (Å²) in [6.45, 7) is 9.31.